The van der Waals surface area contributed by atoms with Gasteiger partial charge >= 0.3 is 6.09 Å². The molecule has 1 heterocycles. The number of hydrogen-bond donors (Lipinski definition) is 1. The number of amides is 2. The van der Waals surface area contributed by atoms with Crippen molar-refractivity contribution in [3.05, 3.63) is 35.9 Å². The summed E-state index contributed by atoms with van der Waals surface area (Å²) in [5, 5.41) is 10.3. The predicted octanol–water partition coefficient (Wildman–Crippen LogP) is 2.62. The van der Waals surface area contributed by atoms with Crippen LogP contribution in [-0.2, 0) is 16.0 Å². The van der Waals surface area contributed by atoms with E-state index in [1.54, 1.807) is 6.92 Å². The second-order valence-corrected chi connectivity index (χ2v) is 6.29. The number of carbonyl (C=O) groups is 2. The van der Waals surface area contributed by atoms with Crippen molar-refractivity contribution in [2.45, 2.75) is 45.8 Å². The maximum absolute atomic E-state index is 12.7. The highest BCUT2D eigenvalue weighted by molar-refractivity contribution is 5.95. The number of cyclic esters (lactones) is 1. The molecule has 5 heteroatoms. The quantitative estimate of drug-likeness (QED) is 0.875. The third-order valence-electron chi connectivity index (χ3n) is 4.64. The highest BCUT2D eigenvalue weighted by atomic mass is 16.6. The maximum atomic E-state index is 12.7. The molecule has 4 atom stereocenters. The number of nitrogens with zero attached hydrogens (tertiary/aromatic N) is 1. The minimum Gasteiger partial charge on any atom is -0.447 e. The fourth-order valence-electron chi connectivity index (χ4n) is 2.87. The van der Waals surface area contributed by atoms with Gasteiger partial charge in [-0.05, 0) is 17.9 Å². The third kappa shape index (κ3) is 3.91. The van der Waals surface area contributed by atoms with Crippen molar-refractivity contribution in [3.8, 4) is 0 Å². The van der Waals surface area contributed by atoms with E-state index in [2.05, 4.69) is 0 Å². The van der Waals surface area contributed by atoms with Gasteiger partial charge in [-0.3, -0.25) is 4.79 Å². The number of hydrogen-bond acceptors (Lipinski definition) is 4. The van der Waals surface area contributed by atoms with Gasteiger partial charge in [-0.25, -0.2) is 9.69 Å². The molecule has 0 aromatic heterocycles. The Morgan fingerprint density at radius 1 is 1.35 bits per heavy atom. The number of aliphatic hydroxyl groups excluding tert-OH is 1. The van der Waals surface area contributed by atoms with Gasteiger partial charge in [0, 0.05) is 0 Å². The molecule has 2 rings (SSSR count). The first kappa shape index (κ1) is 17.5. The van der Waals surface area contributed by atoms with Crippen molar-refractivity contribution in [1.82, 2.24) is 4.90 Å². The first-order chi connectivity index (χ1) is 11.0. The Labute approximate surface area is 137 Å². The predicted molar refractivity (Wildman–Crippen MR) is 86.8 cm³/mol. The summed E-state index contributed by atoms with van der Waals surface area (Å²) in [6, 6.07) is 9.38. The van der Waals surface area contributed by atoms with E-state index in [0.717, 1.165) is 12.0 Å². The highest BCUT2D eigenvalue weighted by Gasteiger charge is 2.41. The van der Waals surface area contributed by atoms with E-state index in [4.69, 9.17) is 4.74 Å². The van der Waals surface area contributed by atoms with Gasteiger partial charge in [0.15, 0.2) is 0 Å². The van der Waals surface area contributed by atoms with Crippen LogP contribution in [0.15, 0.2) is 30.3 Å². The Morgan fingerprint density at radius 3 is 2.61 bits per heavy atom. The lowest BCUT2D eigenvalue weighted by atomic mass is 9.90. The van der Waals surface area contributed by atoms with Crippen LogP contribution >= 0.6 is 0 Å². The van der Waals surface area contributed by atoms with Gasteiger partial charge in [0.25, 0.3) is 0 Å². The number of carbonyl (C=O) groups excluding carboxylic acids is 2. The van der Waals surface area contributed by atoms with Crippen LogP contribution in [0.3, 0.4) is 0 Å². The average Bonchev–Trinajstić information content (AvgIpc) is 2.93. The zero-order chi connectivity index (χ0) is 17.0. The van der Waals surface area contributed by atoms with Crippen LogP contribution in [0.25, 0.3) is 0 Å². The van der Waals surface area contributed by atoms with Crippen molar-refractivity contribution >= 4 is 12.0 Å². The van der Waals surface area contributed by atoms with E-state index in [1.165, 1.54) is 4.90 Å². The monoisotopic (exact) mass is 319 g/mol. The van der Waals surface area contributed by atoms with Crippen LogP contribution < -0.4 is 0 Å². The Balaban J connectivity index is 2.11. The summed E-state index contributed by atoms with van der Waals surface area (Å²) in [6.07, 6.45) is -0.0429. The van der Waals surface area contributed by atoms with Crippen molar-refractivity contribution < 1.29 is 19.4 Å². The molecule has 0 saturated carbocycles. The van der Waals surface area contributed by atoms with Gasteiger partial charge in [0.1, 0.15) is 6.61 Å². The lowest BCUT2D eigenvalue weighted by Crippen LogP contribution is -2.46. The molecular weight excluding hydrogens is 294 g/mol. The summed E-state index contributed by atoms with van der Waals surface area (Å²) in [7, 11) is 0. The summed E-state index contributed by atoms with van der Waals surface area (Å²) < 4.78 is 5.07. The Morgan fingerprint density at radius 2 is 2.00 bits per heavy atom. The molecule has 126 valence electrons. The number of ether oxygens (including phenoxy) is 1. The van der Waals surface area contributed by atoms with Gasteiger partial charge in [-0.1, -0.05) is 57.5 Å². The van der Waals surface area contributed by atoms with E-state index < -0.39 is 18.1 Å². The molecular formula is C18H25NO4. The molecule has 0 unspecified atom stereocenters. The Kier molecular flexibility index (Phi) is 5.77. The lowest BCUT2D eigenvalue weighted by Gasteiger charge is -2.28. The molecule has 1 aromatic rings. The molecule has 1 saturated heterocycles. The molecule has 0 aliphatic carbocycles. The van der Waals surface area contributed by atoms with Gasteiger partial charge < -0.3 is 9.84 Å². The van der Waals surface area contributed by atoms with Gasteiger partial charge in [-0.2, -0.15) is 0 Å². The molecule has 1 fully saturated rings. The van der Waals surface area contributed by atoms with Crippen molar-refractivity contribution in [2.24, 2.45) is 11.8 Å². The summed E-state index contributed by atoms with van der Waals surface area (Å²) in [5.74, 6) is -0.991. The zero-order valence-corrected chi connectivity index (χ0v) is 13.9. The van der Waals surface area contributed by atoms with Crippen LogP contribution in [0.4, 0.5) is 4.79 Å². The smallest absolute Gasteiger partial charge is 0.416 e. The van der Waals surface area contributed by atoms with Crippen LogP contribution in [0.1, 0.15) is 32.8 Å². The van der Waals surface area contributed by atoms with Crippen LogP contribution in [0.5, 0.6) is 0 Å². The minimum atomic E-state index is -0.765. The van der Waals surface area contributed by atoms with Crippen LogP contribution in [0, 0.1) is 11.8 Å². The van der Waals surface area contributed by atoms with E-state index in [0.29, 0.717) is 6.42 Å². The minimum absolute atomic E-state index is 0.000136. The second-order valence-electron chi connectivity index (χ2n) is 6.29. The van der Waals surface area contributed by atoms with E-state index in [-0.39, 0.29) is 24.5 Å². The molecule has 23 heavy (non-hydrogen) atoms. The maximum Gasteiger partial charge on any atom is 0.416 e. The fourth-order valence-corrected chi connectivity index (χ4v) is 2.87. The SMILES string of the molecule is CC[C@H](C)[C@H](O)[C@@H](C)C(=O)N1C(=O)OC[C@H]1Cc1ccccc1. The molecule has 2 amide bonds. The lowest BCUT2D eigenvalue weighted by molar-refractivity contribution is -0.137. The van der Waals surface area contributed by atoms with Gasteiger partial charge in [-0.15, -0.1) is 0 Å². The topological polar surface area (TPSA) is 66.8 Å². The van der Waals surface area contributed by atoms with Crippen LogP contribution in [0.2, 0.25) is 0 Å². The highest BCUT2D eigenvalue weighted by Crippen LogP contribution is 2.24. The Bertz CT molecular complexity index is 545. The first-order valence-electron chi connectivity index (χ1n) is 8.17. The molecule has 1 aromatic carbocycles. The summed E-state index contributed by atoms with van der Waals surface area (Å²) in [4.78, 5) is 25.9. The molecule has 1 aliphatic rings. The van der Waals surface area contributed by atoms with Crippen molar-refractivity contribution in [3.63, 3.8) is 0 Å². The van der Waals surface area contributed by atoms with Gasteiger partial charge in [0.05, 0.1) is 18.1 Å². The zero-order valence-electron chi connectivity index (χ0n) is 13.9. The molecule has 5 nitrogen and oxygen atoms in total. The molecule has 0 spiro atoms. The number of aliphatic hydroxyl groups is 1. The van der Waals surface area contributed by atoms with E-state index in [1.807, 2.05) is 44.2 Å². The second kappa shape index (κ2) is 7.59. The normalized spacial score (nSPS) is 21.7. The summed E-state index contributed by atoms with van der Waals surface area (Å²) in [5.41, 5.74) is 1.05. The summed E-state index contributed by atoms with van der Waals surface area (Å²) >= 11 is 0. The summed E-state index contributed by atoms with van der Waals surface area (Å²) in [6.45, 7) is 5.74. The van der Waals surface area contributed by atoms with Crippen LogP contribution in [-0.4, -0.2) is 40.8 Å². The van der Waals surface area contributed by atoms with Crippen molar-refractivity contribution in [2.75, 3.05) is 6.61 Å². The molecule has 1 aliphatic heterocycles. The molecule has 0 radical (unpaired) electrons. The first-order valence-corrected chi connectivity index (χ1v) is 8.17. The molecule has 0 bridgehead atoms. The van der Waals surface area contributed by atoms with Crippen molar-refractivity contribution in [1.29, 1.82) is 0 Å². The Hall–Kier alpha value is -1.88. The third-order valence-corrected chi connectivity index (χ3v) is 4.64. The van der Waals surface area contributed by atoms with Gasteiger partial charge in [0.2, 0.25) is 5.91 Å². The average molecular weight is 319 g/mol. The number of rotatable bonds is 6. The fraction of sp³-hybridized carbons (Fsp3) is 0.556. The number of imide groups is 1. The number of benzene rings is 1. The van der Waals surface area contributed by atoms with E-state index in [9.17, 15) is 14.7 Å². The standard InChI is InChI=1S/C18H25NO4/c1-4-12(2)16(20)13(3)17(21)19-15(11-23-18(19)22)10-14-8-6-5-7-9-14/h5-9,12-13,15-16,20H,4,10-11H2,1-3H3/t12-,13+,15+,16-/m0/s1. The molecule has 1 N–H and O–H groups in total. The van der Waals surface area contributed by atoms with E-state index >= 15 is 0 Å². The largest absolute Gasteiger partial charge is 0.447 e.